The van der Waals surface area contributed by atoms with Gasteiger partial charge in [0.25, 0.3) is 0 Å². The zero-order chi connectivity index (χ0) is 15.3. The lowest BCUT2D eigenvalue weighted by molar-refractivity contribution is 0.00578. The predicted molar refractivity (Wildman–Crippen MR) is 81.7 cm³/mol. The van der Waals surface area contributed by atoms with Gasteiger partial charge >= 0.3 is 7.12 Å². The maximum atomic E-state index is 13.2. The van der Waals surface area contributed by atoms with Crippen LogP contribution in [0.15, 0.2) is 18.3 Å². The largest absolute Gasteiger partial charge is 0.496 e. The lowest BCUT2D eigenvalue weighted by Crippen LogP contribution is -2.41. The summed E-state index contributed by atoms with van der Waals surface area (Å²) >= 11 is 0. The molecule has 1 atom stereocenters. The van der Waals surface area contributed by atoms with E-state index in [1.54, 1.807) is 6.20 Å². The lowest BCUT2D eigenvalue weighted by Gasteiger charge is -2.32. The van der Waals surface area contributed by atoms with E-state index in [1.807, 2.05) is 44.7 Å². The van der Waals surface area contributed by atoms with E-state index in [-0.39, 0.29) is 11.2 Å². The number of aromatic nitrogens is 1. The standard InChI is InChI=1S/C15H22BFN2O2/c1-14(2)15(3,4)21-16(20-14)11-5-6-13(18-9-11)19-8-7-12(17)10-19/h5-6,9,12H,7-8,10H2,1-4H3/t12-/m1/s1. The number of anilines is 1. The molecule has 21 heavy (non-hydrogen) atoms. The molecule has 0 amide bonds. The van der Waals surface area contributed by atoms with Gasteiger partial charge < -0.3 is 14.2 Å². The van der Waals surface area contributed by atoms with Crippen molar-refractivity contribution in [3.8, 4) is 0 Å². The smallest absolute Gasteiger partial charge is 0.399 e. The van der Waals surface area contributed by atoms with Crippen molar-refractivity contribution < 1.29 is 13.7 Å². The molecule has 1 aromatic rings. The molecular formula is C15H22BFN2O2. The Morgan fingerprint density at radius 1 is 1.24 bits per heavy atom. The summed E-state index contributed by atoms with van der Waals surface area (Å²) in [7, 11) is -0.399. The maximum Gasteiger partial charge on any atom is 0.496 e. The van der Waals surface area contributed by atoms with Gasteiger partial charge in [-0.15, -0.1) is 0 Å². The Hall–Kier alpha value is -1.14. The molecule has 0 saturated carbocycles. The molecule has 0 N–H and O–H groups in total. The van der Waals surface area contributed by atoms with Gasteiger partial charge in [0.2, 0.25) is 0 Å². The Morgan fingerprint density at radius 2 is 1.90 bits per heavy atom. The second kappa shape index (κ2) is 4.95. The van der Waals surface area contributed by atoms with E-state index in [9.17, 15) is 4.39 Å². The molecule has 3 rings (SSSR count). The van der Waals surface area contributed by atoms with Crippen LogP contribution in [-0.2, 0) is 9.31 Å². The summed E-state index contributed by atoms with van der Waals surface area (Å²) in [5, 5.41) is 0. The molecule has 3 heterocycles. The van der Waals surface area contributed by atoms with Gasteiger partial charge in [0.05, 0.1) is 17.7 Å². The molecule has 2 fully saturated rings. The molecule has 0 unspecified atom stereocenters. The van der Waals surface area contributed by atoms with Crippen LogP contribution >= 0.6 is 0 Å². The van der Waals surface area contributed by atoms with E-state index in [1.165, 1.54) is 0 Å². The summed E-state index contributed by atoms with van der Waals surface area (Å²) in [6, 6.07) is 3.87. The van der Waals surface area contributed by atoms with Crippen molar-refractivity contribution in [2.45, 2.75) is 51.5 Å². The Kier molecular flexibility index (Phi) is 3.49. The van der Waals surface area contributed by atoms with Crippen LogP contribution in [0.25, 0.3) is 0 Å². The molecule has 1 aromatic heterocycles. The third-order valence-corrected chi connectivity index (χ3v) is 4.75. The minimum absolute atomic E-state index is 0.354. The maximum absolute atomic E-state index is 13.2. The van der Waals surface area contributed by atoms with Crippen LogP contribution < -0.4 is 10.4 Å². The van der Waals surface area contributed by atoms with E-state index in [0.29, 0.717) is 13.0 Å². The Balaban J connectivity index is 1.74. The number of alkyl halides is 1. The van der Waals surface area contributed by atoms with E-state index >= 15 is 0 Å². The van der Waals surface area contributed by atoms with Crippen molar-refractivity contribution in [2.24, 2.45) is 0 Å². The fourth-order valence-electron chi connectivity index (χ4n) is 2.63. The van der Waals surface area contributed by atoms with Crippen LogP contribution in [-0.4, -0.2) is 42.6 Å². The highest BCUT2D eigenvalue weighted by molar-refractivity contribution is 6.62. The molecular weight excluding hydrogens is 270 g/mol. The Bertz CT molecular complexity index is 505. The van der Waals surface area contributed by atoms with Crippen LogP contribution in [0.4, 0.5) is 10.2 Å². The van der Waals surface area contributed by atoms with Gasteiger partial charge in [0.1, 0.15) is 12.0 Å². The van der Waals surface area contributed by atoms with Gasteiger partial charge in [0, 0.05) is 18.2 Å². The second-order valence-electron chi connectivity index (χ2n) is 6.87. The van der Waals surface area contributed by atoms with Crippen molar-refractivity contribution in [3.05, 3.63) is 18.3 Å². The summed E-state index contributed by atoms with van der Waals surface area (Å²) in [4.78, 5) is 6.41. The van der Waals surface area contributed by atoms with Crippen molar-refractivity contribution in [3.63, 3.8) is 0 Å². The molecule has 0 bridgehead atoms. The first-order valence-corrected chi connectivity index (χ1v) is 7.49. The zero-order valence-electron chi connectivity index (χ0n) is 13.1. The van der Waals surface area contributed by atoms with Gasteiger partial charge in [0.15, 0.2) is 0 Å². The minimum atomic E-state index is -0.741. The first-order chi connectivity index (χ1) is 9.78. The third-order valence-electron chi connectivity index (χ3n) is 4.75. The zero-order valence-corrected chi connectivity index (χ0v) is 13.1. The molecule has 6 heteroatoms. The summed E-state index contributed by atoms with van der Waals surface area (Å²) in [5.74, 6) is 0.815. The number of nitrogens with zero attached hydrogens (tertiary/aromatic N) is 2. The van der Waals surface area contributed by atoms with Gasteiger partial charge in [-0.3, -0.25) is 0 Å². The van der Waals surface area contributed by atoms with Gasteiger partial charge in [-0.2, -0.15) is 0 Å². The molecule has 0 radical (unpaired) electrons. The number of hydrogen-bond donors (Lipinski definition) is 0. The van der Waals surface area contributed by atoms with Gasteiger partial charge in [-0.25, -0.2) is 9.37 Å². The van der Waals surface area contributed by atoms with Crippen LogP contribution in [0.3, 0.4) is 0 Å². The predicted octanol–water partition coefficient (Wildman–Crippen LogP) is 1.93. The molecule has 0 aliphatic carbocycles. The number of pyridine rings is 1. The molecule has 0 aromatic carbocycles. The highest BCUT2D eigenvalue weighted by Gasteiger charge is 2.51. The molecule has 2 saturated heterocycles. The highest BCUT2D eigenvalue weighted by atomic mass is 19.1. The Morgan fingerprint density at radius 3 is 2.38 bits per heavy atom. The van der Waals surface area contributed by atoms with Crippen LogP contribution in [0, 0.1) is 0 Å². The highest BCUT2D eigenvalue weighted by Crippen LogP contribution is 2.36. The normalized spacial score (nSPS) is 27.4. The quantitative estimate of drug-likeness (QED) is 0.780. The van der Waals surface area contributed by atoms with Crippen LogP contribution in [0.1, 0.15) is 34.1 Å². The topological polar surface area (TPSA) is 34.6 Å². The van der Waals surface area contributed by atoms with E-state index in [4.69, 9.17) is 9.31 Å². The molecule has 114 valence electrons. The van der Waals surface area contributed by atoms with Crippen molar-refractivity contribution >= 4 is 18.4 Å². The molecule has 0 spiro atoms. The molecule has 4 nitrogen and oxygen atoms in total. The van der Waals surface area contributed by atoms with Crippen molar-refractivity contribution in [2.75, 3.05) is 18.0 Å². The lowest BCUT2D eigenvalue weighted by atomic mass is 9.80. The average Bonchev–Trinajstić information content (AvgIpc) is 2.92. The average molecular weight is 292 g/mol. The van der Waals surface area contributed by atoms with Crippen LogP contribution in [0.2, 0.25) is 0 Å². The first kappa shape index (κ1) is 14.8. The monoisotopic (exact) mass is 292 g/mol. The van der Waals surface area contributed by atoms with Gasteiger partial charge in [-0.1, -0.05) is 6.07 Å². The van der Waals surface area contributed by atoms with E-state index < -0.39 is 13.3 Å². The minimum Gasteiger partial charge on any atom is -0.399 e. The summed E-state index contributed by atoms with van der Waals surface area (Å²) in [6.45, 7) is 9.27. The molecule has 2 aliphatic rings. The Labute approximate surface area is 125 Å². The SMILES string of the molecule is CC1(C)OB(c2ccc(N3CC[C@@H](F)C3)nc2)OC1(C)C. The number of hydrogen-bond acceptors (Lipinski definition) is 4. The second-order valence-corrected chi connectivity index (χ2v) is 6.87. The van der Waals surface area contributed by atoms with E-state index in [0.717, 1.165) is 17.8 Å². The summed E-state index contributed by atoms with van der Waals surface area (Å²) < 4.78 is 25.2. The van der Waals surface area contributed by atoms with Crippen molar-refractivity contribution in [1.82, 2.24) is 4.98 Å². The summed E-state index contributed by atoms with van der Waals surface area (Å²) in [6.07, 6.45) is 1.61. The van der Waals surface area contributed by atoms with E-state index in [2.05, 4.69) is 4.98 Å². The van der Waals surface area contributed by atoms with Gasteiger partial charge in [-0.05, 0) is 40.2 Å². The third kappa shape index (κ3) is 2.67. The fourth-order valence-corrected chi connectivity index (χ4v) is 2.63. The molecule has 2 aliphatic heterocycles. The summed E-state index contributed by atoms with van der Waals surface area (Å²) in [5.41, 5.74) is 0.188. The first-order valence-electron chi connectivity index (χ1n) is 7.49. The fraction of sp³-hybridized carbons (Fsp3) is 0.667. The number of rotatable bonds is 2. The number of halogens is 1. The van der Waals surface area contributed by atoms with Crippen LogP contribution in [0.5, 0.6) is 0 Å². The van der Waals surface area contributed by atoms with Crippen molar-refractivity contribution in [1.29, 1.82) is 0 Å².